The number of aliphatic hydroxyl groups excluding tert-OH is 4. The SMILES string of the molecule is O.O=C(OC1[C@H](O)C(O)OC(CO)[C@H]1O)c1cc2ccccc2oc1=O. The Balaban J connectivity index is 0.00000243. The van der Waals surface area contributed by atoms with Crippen molar-refractivity contribution in [3.05, 3.63) is 46.3 Å². The molecule has 5 atom stereocenters. The Morgan fingerprint density at radius 1 is 1.15 bits per heavy atom. The second kappa shape index (κ2) is 7.91. The van der Waals surface area contributed by atoms with Crippen LogP contribution in [0.5, 0.6) is 0 Å². The van der Waals surface area contributed by atoms with Crippen LogP contribution in [-0.2, 0) is 9.47 Å². The van der Waals surface area contributed by atoms with Gasteiger partial charge in [0.1, 0.15) is 29.5 Å². The Kier molecular flexibility index (Phi) is 6.08. The average molecular weight is 370 g/mol. The predicted octanol–water partition coefficient (Wildman–Crippen LogP) is -2.07. The zero-order chi connectivity index (χ0) is 18.1. The summed E-state index contributed by atoms with van der Waals surface area (Å²) >= 11 is 0. The van der Waals surface area contributed by atoms with Crippen LogP contribution in [0.25, 0.3) is 11.0 Å². The van der Waals surface area contributed by atoms with E-state index in [1.165, 1.54) is 6.07 Å². The average Bonchev–Trinajstić information content (AvgIpc) is 2.61. The van der Waals surface area contributed by atoms with Gasteiger partial charge < -0.3 is 39.8 Å². The Labute approximate surface area is 146 Å². The largest absolute Gasteiger partial charge is 0.453 e. The molecule has 0 amide bonds. The van der Waals surface area contributed by atoms with Crippen molar-refractivity contribution in [1.29, 1.82) is 0 Å². The van der Waals surface area contributed by atoms with E-state index in [9.17, 15) is 24.9 Å². The van der Waals surface area contributed by atoms with E-state index in [4.69, 9.17) is 19.0 Å². The van der Waals surface area contributed by atoms with Crippen molar-refractivity contribution in [2.75, 3.05) is 6.61 Å². The molecule has 6 N–H and O–H groups in total. The molecule has 0 aliphatic carbocycles. The summed E-state index contributed by atoms with van der Waals surface area (Å²) in [6.45, 7) is -0.670. The zero-order valence-electron chi connectivity index (χ0n) is 13.3. The van der Waals surface area contributed by atoms with E-state index >= 15 is 0 Å². The van der Waals surface area contributed by atoms with E-state index in [1.54, 1.807) is 24.3 Å². The normalized spacial score (nSPS) is 28.4. The molecule has 1 aromatic heterocycles. The lowest BCUT2D eigenvalue weighted by atomic mass is 9.99. The van der Waals surface area contributed by atoms with Crippen molar-refractivity contribution in [2.24, 2.45) is 0 Å². The molecule has 0 spiro atoms. The maximum Gasteiger partial charge on any atom is 0.351 e. The van der Waals surface area contributed by atoms with E-state index in [0.29, 0.717) is 5.39 Å². The molecule has 0 radical (unpaired) electrons. The molecular weight excluding hydrogens is 352 g/mol. The number of rotatable bonds is 3. The van der Waals surface area contributed by atoms with Gasteiger partial charge in [0, 0.05) is 5.39 Å². The molecule has 3 rings (SSSR count). The van der Waals surface area contributed by atoms with Crippen LogP contribution in [0, 0.1) is 0 Å². The van der Waals surface area contributed by atoms with Crippen LogP contribution in [0.4, 0.5) is 0 Å². The molecule has 3 unspecified atom stereocenters. The highest BCUT2D eigenvalue weighted by atomic mass is 16.7. The number of carbonyl (C=O) groups excluding carboxylic acids is 1. The first-order chi connectivity index (χ1) is 11.9. The van der Waals surface area contributed by atoms with Crippen molar-refractivity contribution in [2.45, 2.75) is 30.7 Å². The monoisotopic (exact) mass is 370 g/mol. The van der Waals surface area contributed by atoms with Crippen LogP contribution in [0.2, 0.25) is 0 Å². The van der Waals surface area contributed by atoms with Crippen LogP contribution >= 0.6 is 0 Å². The van der Waals surface area contributed by atoms with E-state index in [1.807, 2.05) is 0 Å². The van der Waals surface area contributed by atoms with Gasteiger partial charge in [0.15, 0.2) is 12.4 Å². The van der Waals surface area contributed by atoms with Gasteiger partial charge in [-0.1, -0.05) is 18.2 Å². The minimum atomic E-state index is -1.77. The summed E-state index contributed by atoms with van der Waals surface area (Å²) in [5.74, 6) is -1.15. The molecule has 0 saturated carbocycles. The smallest absolute Gasteiger partial charge is 0.351 e. The number of aliphatic hydroxyl groups is 4. The Morgan fingerprint density at radius 2 is 1.85 bits per heavy atom. The topological polar surface area (TPSA) is 178 Å². The standard InChI is InChI=1S/C16H16O9.H2O/c17-6-10-11(18)13(12(19)16(22)24-10)25-15(21)8-5-7-3-1-2-4-9(7)23-14(8)20;/h1-5,10-13,16-19,22H,6H2;1H2/t10?,11-,12+,13?,16?;/m1./s1. The van der Waals surface area contributed by atoms with E-state index in [2.05, 4.69) is 0 Å². The van der Waals surface area contributed by atoms with Gasteiger partial charge >= 0.3 is 11.6 Å². The number of hydrogen-bond acceptors (Lipinski definition) is 9. The number of benzene rings is 1. The number of hydrogen-bond donors (Lipinski definition) is 4. The minimum absolute atomic E-state index is 0. The molecule has 1 fully saturated rings. The molecule has 1 aliphatic heterocycles. The zero-order valence-corrected chi connectivity index (χ0v) is 13.3. The predicted molar refractivity (Wildman–Crippen MR) is 85.3 cm³/mol. The molecule has 0 bridgehead atoms. The van der Waals surface area contributed by atoms with Crippen molar-refractivity contribution in [1.82, 2.24) is 0 Å². The van der Waals surface area contributed by atoms with Crippen LogP contribution < -0.4 is 5.63 Å². The molecule has 10 heteroatoms. The minimum Gasteiger partial charge on any atom is -0.453 e. The van der Waals surface area contributed by atoms with Crippen LogP contribution in [-0.4, -0.2) is 69.2 Å². The second-order valence-corrected chi connectivity index (χ2v) is 5.58. The summed E-state index contributed by atoms with van der Waals surface area (Å²) in [5.41, 5.74) is -1.09. The highest BCUT2D eigenvalue weighted by Gasteiger charge is 2.46. The van der Waals surface area contributed by atoms with E-state index in [-0.39, 0.29) is 11.1 Å². The maximum absolute atomic E-state index is 12.3. The third-order valence-electron chi connectivity index (χ3n) is 3.94. The van der Waals surface area contributed by atoms with Gasteiger partial charge in [-0.05, 0) is 12.1 Å². The highest BCUT2D eigenvalue weighted by Crippen LogP contribution is 2.23. The molecule has 2 heterocycles. The molecule has 2 aromatic rings. The van der Waals surface area contributed by atoms with Crippen LogP contribution in [0.15, 0.2) is 39.5 Å². The van der Waals surface area contributed by atoms with Gasteiger partial charge in [-0.3, -0.25) is 0 Å². The van der Waals surface area contributed by atoms with Crippen molar-refractivity contribution in [3.8, 4) is 0 Å². The molecule has 142 valence electrons. The van der Waals surface area contributed by atoms with Crippen molar-refractivity contribution in [3.63, 3.8) is 0 Å². The van der Waals surface area contributed by atoms with Gasteiger partial charge in [0.25, 0.3) is 0 Å². The van der Waals surface area contributed by atoms with E-state index < -0.39 is 54.5 Å². The third-order valence-corrected chi connectivity index (χ3v) is 3.94. The fourth-order valence-corrected chi connectivity index (χ4v) is 2.60. The van der Waals surface area contributed by atoms with Crippen LogP contribution in [0.3, 0.4) is 0 Å². The quantitative estimate of drug-likeness (QED) is 0.349. The Morgan fingerprint density at radius 3 is 2.54 bits per heavy atom. The van der Waals surface area contributed by atoms with E-state index in [0.717, 1.165) is 0 Å². The summed E-state index contributed by atoms with van der Waals surface area (Å²) < 4.78 is 14.8. The van der Waals surface area contributed by atoms with Gasteiger partial charge in [-0.25, -0.2) is 9.59 Å². The first kappa shape index (κ1) is 20.0. The molecule has 26 heavy (non-hydrogen) atoms. The van der Waals surface area contributed by atoms with Gasteiger partial charge in [0.05, 0.1) is 6.61 Å². The lowest BCUT2D eigenvalue weighted by Gasteiger charge is -2.39. The highest BCUT2D eigenvalue weighted by molar-refractivity contribution is 5.92. The number of carbonyl (C=O) groups is 1. The molecule has 1 aliphatic rings. The fourth-order valence-electron chi connectivity index (χ4n) is 2.60. The van der Waals surface area contributed by atoms with Crippen LogP contribution in [0.1, 0.15) is 10.4 Å². The molecule has 10 nitrogen and oxygen atoms in total. The number of esters is 1. The summed E-state index contributed by atoms with van der Waals surface area (Å²) in [5, 5.41) is 39.1. The third kappa shape index (κ3) is 3.60. The molecule has 1 saturated heterocycles. The van der Waals surface area contributed by atoms with Crippen molar-refractivity contribution < 1.29 is 44.6 Å². The number of para-hydroxylation sites is 1. The Hall–Kier alpha value is -2.34. The first-order valence-electron chi connectivity index (χ1n) is 7.46. The first-order valence-corrected chi connectivity index (χ1v) is 7.46. The van der Waals surface area contributed by atoms with Gasteiger partial charge in [-0.15, -0.1) is 0 Å². The number of ether oxygens (including phenoxy) is 2. The Bertz CT molecular complexity index is 831. The van der Waals surface area contributed by atoms with Gasteiger partial charge in [-0.2, -0.15) is 0 Å². The summed E-state index contributed by atoms with van der Waals surface area (Å²) in [4.78, 5) is 24.2. The van der Waals surface area contributed by atoms with Gasteiger partial charge in [0.2, 0.25) is 0 Å². The summed E-state index contributed by atoms with van der Waals surface area (Å²) in [6, 6.07) is 7.79. The fraction of sp³-hybridized carbons (Fsp3) is 0.375. The number of fused-ring (bicyclic) bond motifs is 1. The summed E-state index contributed by atoms with van der Waals surface area (Å²) in [7, 11) is 0. The second-order valence-electron chi connectivity index (χ2n) is 5.58. The maximum atomic E-state index is 12.3. The summed E-state index contributed by atoms with van der Waals surface area (Å²) in [6.07, 6.45) is -7.98. The lowest BCUT2D eigenvalue weighted by Crippen LogP contribution is -2.59. The molecular formula is C16H18O10. The van der Waals surface area contributed by atoms with Crippen molar-refractivity contribution >= 4 is 16.9 Å². The molecule has 1 aromatic carbocycles. The lowest BCUT2D eigenvalue weighted by molar-refractivity contribution is -0.285.